The summed E-state index contributed by atoms with van der Waals surface area (Å²) in [7, 11) is 0. The number of fused-ring (bicyclic) bond motifs is 1. The molecule has 6 heteroatoms. The fourth-order valence-corrected chi connectivity index (χ4v) is 4.73. The third-order valence-corrected chi connectivity index (χ3v) is 6.41. The highest BCUT2D eigenvalue weighted by Gasteiger charge is 2.23. The number of allylic oxidation sites excluding steroid dienone is 3. The van der Waals surface area contributed by atoms with E-state index in [1.807, 2.05) is 0 Å². The molecular formula is C29H45N3O3. The number of hydrogen-bond acceptors (Lipinski definition) is 5. The van der Waals surface area contributed by atoms with Crippen molar-refractivity contribution >= 4 is 12.3 Å². The minimum absolute atomic E-state index is 0.250. The van der Waals surface area contributed by atoms with Crippen LogP contribution in [-0.2, 0) is 22.4 Å². The Labute approximate surface area is 212 Å². The maximum Gasteiger partial charge on any atom is 0.290 e. The average molecular weight is 484 g/mol. The smallest absolute Gasteiger partial charge is 0.290 e. The Hall–Kier alpha value is -2.44. The van der Waals surface area contributed by atoms with Crippen LogP contribution in [0.4, 0.5) is 5.82 Å². The van der Waals surface area contributed by atoms with E-state index < -0.39 is 0 Å². The van der Waals surface area contributed by atoms with Gasteiger partial charge in [0.2, 0.25) is 0 Å². The summed E-state index contributed by atoms with van der Waals surface area (Å²) in [5, 5.41) is 10.3. The number of likely N-dealkylation sites (tertiary alicyclic amines) is 1. The van der Waals surface area contributed by atoms with Crippen LogP contribution in [0.2, 0.25) is 0 Å². The molecule has 0 amide bonds. The summed E-state index contributed by atoms with van der Waals surface area (Å²) in [6.07, 6.45) is 14.7. The van der Waals surface area contributed by atoms with E-state index in [1.165, 1.54) is 28.8 Å². The van der Waals surface area contributed by atoms with Crippen LogP contribution >= 0.6 is 0 Å². The lowest BCUT2D eigenvalue weighted by Gasteiger charge is -2.20. The minimum Gasteiger partial charge on any atom is -0.483 e. The first-order chi connectivity index (χ1) is 17.0. The van der Waals surface area contributed by atoms with Crippen LogP contribution in [0.3, 0.4) is 0 Å². The van der Waals surface area contributed by atoms with Gasteiger partial charge in [0, 0.05) is 38.5 Å². The van der Waals surface area contributed by atoms with E-state index in [0.29, 0.717) is 12.0 Å². The van der Waals surface area contributed by atoms with Gasteiger partial charge in [-0.15, -0.1) is 0 Å². The predicted molar refractivity (Wildman–Crippen MR) is 145 cm³/mol. The number of pyridine rings is 1. The second-order valence-corrected chi connectivity index (χ2v) is 9.77. The van der Waals surface area contributed by atoms with E-state index in [9.17, 15) is 0 Å². The fourth-order valence-electron chi connectivity index (χ4n) is 4.73. The minimum atomic E-state index is -0.250. The topological polar surface area (TPSA) is 74.7 Å². The number of rotatable bonds is 12. The van der Waals surface area contributed by atoms with Crippen molar-refractivity contribution in [2.45, 2.75) is 71.8 Å². The monoisotopic (exact) mass is 483 g/mol. The first kappa shape index (κ1) is 28.8. The van der Waals surface area contributed by atoms with Gasteiger partial charge in [-0.1, -0.05) is 44.7 Å². The van der Waals surface area contributed by atoms with Crippen molar-refractivity contribution < 1.29 is 14.6 Å². The lowest BCUT2D eigenvalue weighted by molar-refractivity contribution is -0.122. The largest absolute Gasteiger partial charge is 0.483 e. The number of hydrogen-bond donors (Lipinski definition) is 2. The van der Waals surface area contributed by atoms with Gasteiger partial charge in [-0.2, -0.15) is 0 Å². The summed E-state index contributed by atoms with van der Waals surface area (Å²) in [5.74, 6) is 1.76. The zero-order valence-electron chi connectivity index (χ0n) is 22.0. The maximum atomic E-state index is 8.36. The van der Waals surface area contributed by atoms with E-state index in [4.69, 9.17) is 19.6 Å². The summed E-state index contributed by atoms with van der Waals surface area (Å²) in [6, 6.07) is 4.45. The Bertz CT molecular complexity index is 848. The highest BCUT2D eigenvalue weighted by Crippen LogP contribution is 2.22. The SMILES string of the molecule is C=C/C(CN1CCC(OCCCCc2ccc3c(n2)NCCC3)C1)=C(\C=C/C)CC(C)C.O=CO. The van der Waals surface area contributed by atoms with Crippen molar-refractivity contribution in [1.82, 2.24) is 9.88 Å². The number of carboxylic acid groups (broad SMARTS) is 1. The van der Waals surface area contributed by atoms with Gasteiger partial charge in [0.05, 0.1) is 6.10 Å². The molecule has 2 aliphatic heterocycles. The molecule has 1 aromatic rings. The normalized spacial score (nSPS) is 18.5. The highest BCUT2D eigenvalue weighted by molar-refractivity contribution is 5.47. The Balaban J connectivity index is 0.00000137. The van der Waals surface area contributed by atoms with Gasteiger partial charge in [-0.25, -0.2) is 4.98 Å². The Morgan fingerprint density at radius 1 is 1.34 bits per heavy atom. The van der Waals surface area contributed by atoms with E-state index in [2.05, 4.69) is 67.9 Å². The molecule has 1 unspecified atom stereocenters. The number of carbonyl (C=O) groups is 1. The summed E-state index contributed by atoms with van der Waals surface area (Å²) in [5.41, 5.74) is 5.36. The fraction of sp³-hybridized carbons (Fsp3) is 0.586. The maximum absolute atomic E-state index is 8.36. The molecule has 0 aromatic carbocycles. The predicted octanol–water partition coefficient (Wildman–Crippen LogP) is 5.66. The molecule has 2 aliphatic rings. The van der Waals surface area contributed by atoms with Crippen molar-refractivity contribution in [3.05, 3.63) is 59.3 Å². The number of unbranched alkanes of at least 4 members (excludes halogenated alkanes) is 1. The highest BCUT2D eigenvalue weighted by atomic mass is 16.5. The quantitative estimate of drug-likeness (QED) is 0.227. The molecule has 3 rings (SSSR count). The number of nitrogens with zero attached hydrogens (tertiary/aromatic N) is 2. The van der Waals surface area contributed by atoms with Crippen LogP contribution in [0.25, 0.3) is 0 Å². The zero-order valence-corrected chi connectivity index (χ0v) is 22.0. The van der Waals surface area contributed by atoms with Gasteiger partial charge >= 0.3 is 0 Å². The van der Waals surface area contributed by atoms with Crippen LogP contribution in [0.5, 0.6) is 0 Å². The molecule has 0 bridgehead atoms. The summed E-state index contributed by atoms with van der Waals surface area (Å²) in [6.45, 7) is 15.5. The van der Waals surface area contributed by atoms with Gasteiger partial charge in [0.15, 0.2) is 0 Å². The average Bonchev–Trinajstić information content (AvgIpc) is 3.29. The lowest BCUT2D eigenvalue weighted by Crippen LogP contribution is -2.26. The van der Waals surface area contributed by atoms with Gasteiger partial charge in [0.1, 0.15) is 5.82 Å². The second-order valence-electron chi connectivity index (χ2n) is 9.77. The Morgan fingerprint density at radius 2 is 2.14 bits per heavy atom. The summed E-state index contributed by atoms with van der Waals surface area (Å²) in [4.78, 5) is 15.7. The Kier molecular flexibility index (Phi) is 13.4. The van der Waals surface area contributed by atoms with Crippen LogP contribution in [0.15, 0.2) is 48.1 Å². The van der Waals surface area contributed by atoms with E-state index in [1.54, 1.807) is 0 Å². The van der Waals surface area contributed by atoms with Crippen molar-refractivity contribution in [2.24, 2.45) is 5.92 Å². The van der Waals surface area contributed by atoms with Crippen molar-refractivity contribution in [2.75, 3.05) is 38.1 Å². The Morgan fingerprint density at radius 3 is 2.86 bits per heavy atom. The molecule has 2 N–H and O–H groups in total. The molecule has 0 saturated carbocycles. The van der Waals surface area contributed by atoms with E-state index >= 15 is 0 Å². The van der Waals surface area contributed by atoms with Gasteiger partial charge < -0.3 is 15.2 Å². The molecule has 194 valence electrons. The van der Waals surface area contributed by atoms with E-state index in [0.717, 1.165) is 77.1 Å². The zero-order chi connectivity index (χ0) is 25.5. The summed E-state index contributed by atoms with van der Waals surface area (Å²) >= 11 is 0. The number of nitrogens with one attached hydrogen (secondary N) is 1. The van der Waals surface area contributed by atoms with Crippen molar-refractivity contribution in [1.29, 1.82) is 0 Å². The molecular weight excluding hydrogens is 438 g/mol. The first-order valence-electron chi connectivity index (χ1n) is 13.1. The van der Waals surface area contributed by atoms with Gasteiger partial charge in [-0.05, 0) is 80.6 Å². The first-order valence-corrected chi connectivity index (χ1v) is 13.1. The van der Waals surface area contributed by atoms with Gasteiger partial charge in [0.25, 0.3) is 6.47 Å². The molecule has 1 atom stereocenters. The number of ether oxygens (including phenoxy) is 1. The van der Waals surface area contributed by atoms with Gasteiger partial charge in [-0.3, -0.25) is 9.69 Å². The van der Waals surface area contributed by atoms with E-state index in [-0.39, 0.29) is 6.47 Å². The number of aromatic nitrogens is 1. The molecule has 3 heterocycles. The van der Waals surface area contributed by atoms with Crippen molar-refractivity contribution in [3.8, 4) is 0 Å². The third-order valence-electron chi connectivity index (χ3n) is 6.41. The molecule has 1 aromatic heterocycles. The third kappa shape index (κ3) is 10.4. The molecule has 0 aliphatic carbocycles. The molecule has 35 heavy (non-hydrogen) atoms. The molecule has 0 radical (unpaired) electrons. The molecule has 6 nitrogen and oxygen atoms in total. The molecule has 0 spiro atoms. The van der Waals surface area contributed by atoms with Crippen LogP contribution in [0.1, 0.15) is 64.1 Å². The summed E-state index contributed by atoms with van der Waals surface area (Å²) < 4.78 is 6.22. The van der Waals surface area contributed by atoms with Crippen LogP contribution in [0, 0.1) is 5.92 Å². The molecule has 1 fully saturated rings. The standard InChI is InChI=1S/C28H43N3O.CH2O2/c1-5-10-25(19-22(3)4)23(6-2)20-31-17-15-27(21-31)32-18-8-7-12-26-14-13-24-11-9-16-29-28(24)30-26;2-1-3/h5-6,10,13-14,22,27H,2,7-9,11-12,15-21H2,1,3-4H3,(H,29,30);1H,(H,2,3)/b10-5-,25-23-;. The number of anilines is 1. The van der Waals surface area contributed by atoms with Crippen LogP contribution in [-0.4, -0.2) is 60.4 Å². The number of aryl methyl sites for hydroxylation is 2. The second kappa shape index (κ2) is 16.3. The lowest BCUT2D eigenvalue weighted by atomic mass is 9.97. The van der Waals surface area contributed by atoms with Crippen LogP contribution < -0.4 is 5.32 Å². The van der Waals surface area contributed by atoms with Crippen molar-refractivity contribution in [3.63, 3.8) is 0 Å². The molecule has 1 saturated heterocycles.